The minimum absolute atomic E-state index is 0.0667. The summed E-state index contributed by atoms with van der Waals surface area (Å²) in [6.07, 6.45) is 4.16. The summed E-state index contributed by atoms with van der Waals surface area (Å²) < 4.78 is 36.0. The summed E-state index contributed by atoms with van der Waals surface area (Å²) in [5.74, 6) is 0.183. The highest BCUT2D eigenvalue weighted by atomic mass is 32.2. The minimum Gasteiger partial charge on any atom is -0.492 e. The first-order valence-electron chi connectivity index (χ1n) is 8.25. The summed E-state index contributed by atoms with van der Waals surface area (Å²) in [6, 6.07) is 5.11. The van der Waals surface area contributed by atoms with Crippen LogP contribution in [-0.4, -0.2) is 30.6 Å². The zero-order valence-electron chi connectivity index (χ0n) is 14.7. The van der Waals surface area contributed by atoms with Crippen LogP contribution >= 0.6 is 11.3 Å². The molecule has 0 saturated heterocycles. The second-order valence-electron chi connectivity index (χ2n) is 6.29. The molecule has 1 aromatic carbocycles. The van der Waals surface area contributed by atoms with E-state index in [1.165, 1.54) is 18.3 Å². The van der Waals surface area contributed by atoms with Crippen molar-refractivity contribution in [2.24, 2.45) is 7.05 Å². The zero-order chi connectivity index (χ0) is 19.2. The first-order valence-corrected chi connectivity index (χ1v) is 10.6. The molecule has 7 nitrogen and oxygen atoms in total. The summed E-state index contributed by atoms with van der Waals surface area (Å²) in [6.45, 7) is 1.85. The molecule has 0 unspecified atom stereocenters. The van der Waals surface area contributed by atoms with Crippen LogP contribution in [0.15, 0.2) is 40.9 Å². The molecule has 0 amide bonds. The fraction of sp³-hybridized carbons (Fsp3) is 0.222. The Hall–Kier alpha value is -2.65. The number of sulfonamides is 1. The van der Waals surface area contributed by atoms with Crippen LogP contribution in [-0.2, 0) is 23.5 Å². The molecule has 3 heterocycles. The lowest BCUT2D eigenvalue weighted by Gasteiger charge is -2.13. The van der Waals surface area contributed by atoms with Crippen LogP contribution in [0.3, 0.4) is 0 Å². The summed E-state index contributed by atoms with van der Waals surface area (Å²) >= 11 is 1.20. The number of ether oxygens (including phenoxy) is 1. The van der Waals surface area contributed by atoms with Crippen molar-refractivity contribution in [2.45, 2.75) is 18.2 Å². The van der Waals surface area contributed by atoms with E-state index in [1.54, 1.807) is 35.4 Å². The lowest BCUT2D eigenvalue weighted by atomic mass is 10.0. The number of ketones is 1. The van der Waals surface area contributed by atoms with E-state index < -0.39 is 10.0 Å². The van der Waals surface area contributed by atoms with Gasteiger partial charge in [-0.1, -0.05) is 0 Å². The number of nitrogens with one attached hydrogen (secondary N) is 1. The Kier molecular flexibility index (Phi) is 4.27. The van der Waals surface area contributed by atoms with Crippen LogP contribution in [0.5, 0.6) is 5.75 Å². The number of thiophene rings is 1. The first kappa shape index (κ1) is 17.7. The Labute approximate surface area is 160 Å². The lowest BCUT2D eigenvalue weighted by Crippen LogP contribution is -2.15. The van der Waals surface area contributed by atoms with Gasteiger partial charge in [0.25, 0.3) is 10.0 Å². The highest BCUT2D eigenvalue weighted by Crippen LogP contribution is 2.38. The average Bonchev–Trinajstić information content (AvgIpc) is 3.33. The van der Waals surface area contributed by atoms with Gasteiger partial charge in [-0.25, -0.2) is 8.42 Å². The molecule has 140 valence electrons. The van der Waals surface area contributed by atoms with Gasteiger partial charge in [0.1, 0.15) is 10.6 Å². The molecule has 1 aliphatic rings. The van der Waals surface area contributed by atoms with Crippen molar-refractivity contribution in [3.05, 3.63) is 46.4 Å². The molecule has 0 atom stereocenters. The Morgan fingerprint density at radius 2 is 2.15 bits per heavy atom. The van der Waals surface area contributed by atoms with Crippen LogP contribution < -0.4 is 9.46 Å². The van der Waals surface area contributed by atoms with Crippen LogP contribution in [0.1, 0.15) is 22.2 Å². The number of carbonyl (C=O) groups excluding carboxylic acids is 1. The fourth-order valence-corrected chi connectivity index (χ4v) is 5.17. The Balaban J connectivity index is 1.81. The molecular weight excluding hydrogens is 386 g/mol. The molecule has 0 saturated carbocycles. The van der Waals surface area contributed by atoms with E-state index in [0.29, 0.717) is 23.7 Å². The smallest absolute Gasteiger partial charge is 0.265 e. The topological polar surface area (TPSA) is 90.3 Å². The third-order valence-electron chi connectivity index (χ3n) is 4.31. The van der Waals surface area contributed by atoms with E-state index in [1.807, 2.05) is 12.3 Å². The van der Waals surface area contributed by atoms with Gasteiger partial charge in [0.05, 0.1) is 23.4 Å². The molecule has 0 aliphatic carbocycles. The maximum Gasteiger partial charge on any atom is 0.265 e. The average molecular weight is 403 g/mol. The van der Waals surface area contributed by atoms with Crippen molar-refractivity contribution in [1.29, 1.82) is 0 Å². The van der Waals surface area contributed by atoms with Crippen molar-refractivity contribution in [3.63, 3.8) is 0 Å². The minimum atomic E-state index is -3.94. The third-order valence-corrected chi connectivity index (χ3v) is 6.69. The summed E-state index contributed by atoms with van der Waals surface area (Å²) in [5, 5.41) is 5.84. The van der Waals surface area contributed by atoms with E-state index in [0.717, 1.165) is 16.7 Å². The van der Waals surface area contributed by atoms with Crippen molar-refractivity contribution >= 4 is 32.8 Å². The SMILES string of the molecule is CC(=O)c1sccc1NS(=O)(=O)c1cc(-c2cnn(C)c2)cc2c1OCC2. The van der Waals surface area contributed by atoms with E-state index in [9.17, 15) is 13.2 Å². The predicted octanol–water partition coefficient (Wildman–Crippen LogP) is 3.09. The molecule has 9 heteroatoms. The highest BCUT2D eigenvalue weighted by molar-refractivity contribution is 7.92. The summed E-state index contributed by atoms with van der Waals surface area (Å²) in [5.41, 5.74) is 2.70. The number of aromatic nitrogens is 2. The van der Waals surface area contributed by atoms with Gasteiger partial charge in [0.2, 0.25) is 0 Å². The number of nitrogens with zero attached hydrogens (tertiary/aromatic N) is 2. The van der Waals surface area contributed by atoms with E-state index in [2.05, 4.69) is 9.82 Å². The molecule has 2 aromatic heterocycles. The number of hydrogen-bond acceptors (Lipinski definition) is 6. The number of fused-ring (bicyclic) bond motifs is 1. The number of carbonyl (C=O) groups is 1. The summed E-state index contributed by atoms with van der Waals surface area (Å²) in [4.78, 5) is 12.2. The van der Waals surface area contributed by atoms with Gasteiger partial charge in [0.15, 0.2) is 5.78 Å². The first-order chi connectivity index (χ1) is 12.8. The van der Waals surface area contributed by atoms with E-state index in [-0.39, 0.29) is 16.4 Å². The van der Waals surface area contributed by atoms with Crippen molar-refractivity contribution in [3.8, 4) is 16.9 Å². The van der Waals surface area contributed by atoms with Gasteiger partial charge in [-0.05, 0) is 34.7 Å². The zero-order valence-corrected chi connectivity index (χ0v) is 16.4. The third kappa shape index (κ3) is 3.24. The number of anilines is 1. The van der Waals surface area contributed by atoms with Crippen molar-refractivity contribution in [2.75, 3.05) is 11.3 Å². The molecular formula is C18H17N3O4S2. The molecule has 1 N–H and O–H groups in total. The van der Waals surface area contributed by atoms with Crippen LogP contribution in [0.25, 0.3) is 11.1 Å². The van der Waals surface area contributed by atoms with Gasteiger partial charge < -0.3 is 4.74 Å². The largest absolute Gasteiger partial charge is 0.492 e. The van der Waals surface area contributed by atoms with Gasteiger partial charge in [-0.3, -0.25) is 14.2 Å². The Morgan fingerprint density at radius 1 is 1.33 bits per heavy atom. The number of aryl methyl sites for hydroxylation is 1. The van der Waals surface area contributed by atoms with Crippen molar-refractivity contribution < 1.29 is 17.9 Å². The monoisotopic (exact) mass is 403 g/mol. The fourth-order valence-electron chi connectivity index (χ4n) is 3.07. The second-order valence-corrected chi connectivity index (χ2v) is 8.86. The lowest BCUT2D eigenvalue weighted by molar-refractivity contribution is 0.102. The molecule has 1 aliphatic heterocycles. The number of Topliss-reactive ketones (excluding diaryl/α,β-unsaturated/α-hetero) is 1. The molecule has 27 heavy (non-hydrogen) atoms. The normalized spacial score (nSPS) is 13.3. The molecule has 0 fully saturated rings. The maximum atomic E-state index is 13.1. The van der Waals surface area contributed by atoms with Crippen molar-refractivity contribution in [1.82, 2.24) is 9.78 Å². The standard InChI is InChI=1S/C18H17N3O4S2/c1-11(22)18-15(4-6-26-18)20-27(23,24)16-8-13(14-9-19-21(2)10-14)7-12-3-5-25-17(12)16/h4,6-10,20H,3,5H2,1-2H3. The number of benzene rings is 1. The molecule has 3 aromatic rings. The van der Waals surface area contributed by atoms with Crippen LogP contribution in [0.2, 0.25) is 0 Å². The Morgan fingerprint density at radius 3 is 2.85 bits per heavy atom. The molecule has 0 spiro atoms. The quantitative estimate of drug-likeness (QED) is 0.661. The molecule has 0 bridgehead atoms. The maximum absolute atomic E-state index is 13.1. The highest BCUT2D eigenvalue weighted by Gasteiger charge is 2.28. The predicted molar refractivity (Wildman–Crippen MR) is 103 cm³/mol. The van der Waals surface area contributed by atoms with Gasteiger partial charge >= 0.3 is 0 Å². The van der Waals surface area contributed by atoms with Crippen LogP contribution in [0.4, 0.5) is 5.69 Å². The molecule has 0 radical (unpaired) electrons. The van der Waals surface area contributed by atoms with Gasteiger partial charge in [-0.15, -0.1) is 11.3 Å². The number of rotatable bonds is 5. The second kappa shape index (κ2) is 6.50. The summed E-state index contributed by atoms with van der Waals surface area (Å²) in [7, 11) is -2.13. The Bertz CT molecular complexity index is 1150. The van der Waals surface area contributed by atoms with Gasteiger partial charge in [0, 0.05) is 32.2 Å². The van der Waals surface area contributed by atoms with E-state index >= 15 is 0 Å². The number of hydrogen-bond donors (Lipinski definition) is 1. The van der Waals surface area contributed by atoms with E-state index in [4.69, 9.17) is 4.74 Å². The van der Waals surface area contributed by atoms with Crippen LogP contribution in [0, 0.1) is 0 Å². The van der Waals surface area contributed by atoms with Gasteiger partial charge in [-0.2, -0.15) is 5.10 Å². The molecule has 4 rings (SSSR count).